The van der Waals surface area contributed by atoms with Gasteiger partial charge in [-0.1, -0.05) is 0 Å². The van der Waals surface area contributed by atoms with E-state index in [-0.39, 0.29) is 5.91 Å². The van der Waals surface area contributed by atoms with E-state index in [1.54, 1.807) is 4.90 Å². The summed E-state index contributed by atoms with van der Waals surface area (Å²) < 4.78 is 0. The number of nitrogens with zero attached hydrogens (tertiary/aromatic N) is 1. The van der Waals surface area contributed by atoms with Crippen LogP contribution in [0.3, 0.4) is 0 Å². The predicted octanol–water partition coefficient (Wildman–Crippen LogP) is 0.250. The zero-order valence-corrected chi connectivity index (χ0v) is 6.69. The first-order valence-corrected chi connectivity index (χ1v) is 3.90. The van der Waals surface area contributed by atoms with Gasteiger partial charge in [-0.05, 0) is 12.8 Å². The number of aliphatic carboxylic acids is 1. The topological polar surface area (TPSA) is 57.6 Å². The molecule has 1 fully saturated rings. The van der Waals surface area contributed by atoms with Gasteiger partial charge in [0.1, 0.15) is 0 Å². The van der Waals surface area contributed by atoms with Gasteiger partial charge in [0.2, 0.25) is 5.91 Å². The van der Waals surface area contributed by atoms with E-state index >= 15 is 0 Å². The van der Waals surface area contributed by atoms with E-state index < -0.39 is 5.97 Å². The Hall–Kier alpha value is -1.32. The standard InChI is InChI=1S/C8H11NO3/c10-7(3-4-8(11)12)9-5-1-2-6-9/h3-4H,1-2,5-6H2,(H,11,12)/b4-3+. The van der Waals surface area contributed by atoms with E-state index in [4.69, 9.17) is 5.11 Å². The Kier molecular flexibility index (Phi) is 2.85. The number of rotatable bonds is 2. The minimum Gasteiger partial charge on any atom is -0.478 e. The Morgan fingerprint density at radius 2 is 1.75 bits per heavy atom. The lowest BCUT2D eigenvalue weighted by Crippen LogP contribution is -2.25. The smallest absolute Gasteiger partial charge is 0.328 e. The number of amides is 1. The molecule has 1 N–H and O–H groups in total. The number of carboxylic acid groups (broad SMARTS) is 1. The van der Waals surface area contributed by atoms with Crippen LogP contribution >= 0.6 is 0 Å². The van der Waals surface area contributed by atoms with Crippen molar-refractivity contribution in [2.45, 2.75) is 12.8 Å². The van der Waals surface area contributed by atoms with Gasteiger partial charge in [-0.3, -0.25) is 4.79 Å². The highest BCUT2D eigenvalue weighted by atomic mass is 16.4. The maximum Gasteiger partial charge on any atom is 0.328 e. The molecule has 1 aliphatic heterocycles. The third kappa shape index (κ3) is 2.38. The van der Waals surface area contributed by atoms with Crippen molar-refractivity contribution in [3.05, 3.63) is 12.2 Å². The fourth-order valence-electron chi connectivity index (χ4n) is 1.19. The van der Waals surface area contributed by atoms with Crippen molar-refractivity contribution in [3.63, 3.8) is 0 Å². The number of carbonyl (C=O) groups is 2. The largest absolute Gasteiger partial charge is 0.478 e. The molecule has 4 heteroatoms. The molecule has 0 aromatic heterocycles. The van der Waals surface area contributed by atoms with Gasteiger partial charge in [-0.15, -0.1) is 0 Å². The van der Waals surface area contributed by atoms with Crippen LogP contribution in [0.25, 0.3) is 0 Å². The Balaban J connectivity index is 2.42. The molecular weight excluding hydrogens is 158 g/mol. The van der Waals surface area contributed by atoms with Gasteiger partial charge in [-0.25, -0.2) is 4.79 Å². The fourth-order valence-corrected chi connectivity index (χ4v) is 1.19. The van der Waals surface area contributed by atoms with Crippen molar-refractivity contribution in [2.24, 2.45) is 0 Å². The van der Waals surface area contributed by atoms with Crippen LogP contribution in [0.1, 0.15) is 12.8 Å². The Bertz CT molecular complexity index is 216. The lowest BCUT2D eigenvalue weighted by atomic mass is 10.4. The summed E-state index contributed by atoms with van der Waals surface area (Å²) in [6, 6.07) is 0. The maximum absolute atomic E-state index is 11.1. The molecule has 1 amide bonds. The van der Waals surface area contributed by atoms with E-state index in [0.29, 0.717) is 0 Å². The highest BCUT2D eigenvalue weighted by molar-refractivity contribution is 5.93. The number of hydrogen-bond donors (Lipinski definition) is 1. The summed E-state index contributed by atoms with van der Waals surface area (Å²) in [5.74, 6) is -1.28. The van der Waals surface area contributed by atoms with Gasteiger partial charge in [0.15, 0.2) is 0 Å². The summed E-state index contributed by atoms with van der Waals surface area (Å²) in [4.78, 5) is 22.8. The summed E-state index contributed by atoms with van der Waals surface area (Å²) in [5.41, 5.74) is 0. The quantitative estimate of drug-likeness (QED) is 0.603. The molecule has 1 saturated heterocycles. The van der Waals surface area contributed by atoms with Crippen molar-refractivity contribution < 1.29 is 14.7 Å². The summed E-state index contributed by atoms with van der Waals surface area (Å²) in [5, 5.41) is 8.25. The van der Waals surface area contributed by atoms with Gasteiger partial charge >= 0.3 is 5.97 Å². The zero-order valence-electron chi connectivity index (χ0n) is 6.69. The summed E-state index contributed by atoms with van der Waals surface area (Å²) in [7, 11) is 0. The zero-order chi connectivity index (χ0) is 8.97. The number of carbonyl (C=O) groups excluding carboxylic acids is 1. The Labute approximate surface area is 70.5 Å². The third-order valence-corrected chi connectivity index (χ3v) is 1.79. The SMILES string of the molecule is O=C(O)/C=C/C(=O)N1CCCC1. The molecule has 0 aliphatic carbocycles. The van der Waals surface area contributed by atoms with Crippen molar-refractivity contribution in [1.29, 1.82) is 0 Å². The maximum atomic E-state index is 11.1. The van der Waals surface area contributed by atoms with E-state index in [2.05, 4.69) is 0 Å². The van der Waals surface area contributed by atoms with Crippen LogP contribution < -0.4 is 0 Å². The van der Waals surface area contributed by atoms with Crippen LogP contribution in [0.4, 0.5) is 0 Å². The molecule has 0 bridgehead atoms. The molecule has 0 unspecified atom stereocenters. The van der Waals surface area contributed by atoms with E-state index in [9.17, 15) is 9.59 Å². The van der Waals surface area contributed by atoms with E-state index in [1.165, 1.54) is 0 Å². The molecule has 66 valence electrons. The van der Waals surface area contributed by atoms with E-state index in [1.807, 2.05) is 0 Å². The minimum absolute atomic E-state index is 0.199. The molecular formula is C8H11NO3. The van der Waals surface area contributed by atoms with Crippen molar-refractivity contribution >= 4 is 11.9 Å². The molecule has 4 nitrogen and oxygen atoms in total. The minimum atomic E-state index is -1.08. The lowest BCUT2D eigenvalue weighted by molar-refractivity contribution is -0.132. The molecule has 0 aromatic rings. The molecule has 12 heavy (non-hydrogen) atoms. The van der Waals surface area contributed by atoms with Crippen LogP contribution in [0.5, 0.6) is 0 Å². The molecule has 0 spiro atoms. The average Bonchev–Trinajstić information content (AvgIpc) is 2.51. The molecule has 0 aromatic carbocycles. The molecule has 1 aliphatic rings. The molecule has 0 radical (unpaired) electrons. The monoisotopic (exact) mass is 169 g/mol. The second kappa shape index (κ2) is 3.90. The van der Waals surface area contributed by atoms with Gasteiger partial charge in [0, 0.05) is 25.2 Å². The second-order valence-electron chi connectivity index (χ2n) is 2.70. The highest BCUT2D eigenvalue weighted by Gasteiger charge is 2.15. The van der Waals surface area contributed by atoms with Crippen LogP contribution in [0.2, 0.25) is 0 Å². The fraction of sp³-hybridized carbons (Fsp3) is 0.500. The number of hydrogen-bond acceptors (Lipinski definition) is 2. The first-order chi connectivity index (χ1) is 5.70. The summed E-state index contributed by atoms with van der Waals surface area (Å²) >= 11 is 0. The predicted molar refractivity (Wildman–Crippen MR) is 42.6 cm³/mol. The first-order valence-electron chi connectivity index (χ1n) is 3.90. The lowest BCUT2D eigenvalue weighted by Gasteiger charge is -2.11. The Morgan fingerprint density at radius 1 is 1.17 bits per heavy atom. The first kappa shape index (κ1) is 8.77. The van der Waals surface area contributed by atoms with Gasteiger partial charge < -0.3 is 10.0 Å². The normalized spacial score (nSPS) is 17.2. The van der Waals surface area contributed by atoms with Gasteiger partial charge in [0.05, 0.1) is 0 Å². The van der Waals surface area contributed by atoms with Crippen molar-refractivity contribution in [2.75, 3.05) is 13.1 Å². The van der Waals surface area contributed by atoms with Crippen molar-refractivity contribution in [3.8, 4) is 0 Å². The van der Waals surface area contributed by atoms with Crippen LogP contribution in [-0.4, -0.2) is 35.0 Å². The van der Waals surface area contributed by atoms with Gasteiger partial charge in [0.25, 0.3) is 0 Å². The van der Waals surface area contributed by atoms with Crippen LogP contribution in [0, 0.1) is 0 Å². The third-order valence-electron chi connectivity index (χ3n) is 1.79. The highest BCUT2D eigenvalue weighted by Crippen LogP contribution is 2.07. The van der Waals surface area contributed by atoms with Crippen LogP contribution in [0.15, 0.2) is 12.2 Å². The molecule has 0 atom stereocenters. The Morgan fingerprint density at radius 3 is 2.25 bits per heavy atom. The summed E-state index contributed by atoms with van der Waals surface area (Å²) in [6.07, 6.45) is 4.02. The molecule has 1 rings (SSSR count). The molecule has 1 heterocycles. The molecule has 0 saturated carbocycles. The average molecular weight is 169 g/mol. The van der Waals surface area contributed by atoms with E-state index in [0.717, 1.165) is 38.1 Å². The number of likely N-dealkylation sites (tertiary alicyclic amines) is 1. The van der Waals surface area contributed by atoms with Crippen LogP contribution in [-0.2, 0) is 9.59 Å². The second-order valence-corrected chi connectivity index (χ2v) is 2.70. The van der Waals surface area contributed by atoms with Crippen molar-refractivity contribution in [1.82, 2.24) is 4.90 Å². The summed E-state index contributed by atoms with van der Waals surface area (Å²) in [6.45, 7) is 1.51. The number of carboxylic acids is 1. The van der Waals surface area contributed by atoms with Gasteiger partial charge in [-0.2, -0.15) is 0 Å².